The highest BCUT2D eigenvalue weighted by atomic mass is 16.5. The van der Waals surface area contributed by atoms with E-state index < -0.39 is 0 Å². The van der Waals surface area contributed by atoms with E-state index in [9.17, 15) is 4.79 Å². The van der Waals surface area contributed by atoms with Crippen LogP contribution in [0.1, 0.15) is 16.8 Å². The summed E-state index contributed by atoms with van der Waals surface area (Å²) >= 11 is 0. The molecule has 1 heterocycles. The first-order valence-corrected chi connectivity index (χ1v) is 6.24. The predicted molar refractivity (Wildman–Crippen MR) is 75.3 cm³/mol. The number of pyridine rings is 1. The van der Waals surface area contributed by atoms with Crippen LogP contribution >= 0.6 is 0 Å². The summed E-state index contributed by atoms with van der Waals surface area (Å²) in [7, 11) is 7.09. The fraction of sp³-hybridized carbons (Fsp3) is 0.571. The van der Waals surface area contributed by atoms with Gasteiger partial charge in [-0.3, -0.25) is 14.7 Å². The molecule has 0 aliphatic rings. The number of ether oxygens (including phenoxy) is 1. The quantitative estimate of drug-likeness (QED) is 0.803. The van der Waals surface area contributed by atoms with Gasteiger partial charge in [-0.2, -0.15) is 0 Å². The normalized spacial score (nSPS) is 10.7. The van der Waals surface area contributed by atoms with Gasteiger partial charge < -0.3 is 9.64 Å². The summed E-state index contributed by atoms with van der Waals surface area (Å²) in [4.78, 5) is 19.6. The first kappa shape index (κ1) is 15.4. The topological polar surface area (TPSA) is 45.7 Å². The van der Waals surface area contributed by atoms with Crippen molar-refractivity contribution in [2.45, 2.75) is 20.4 Å². The average molecular weight is 265 g/mol. The fourth-order valence-corrected chi connectivity index (χ4v) is 1.91. The number of hydrogen-bond donors (Lipinski definition) is 0. The maximum atomic E-state index is 11.6. The molecule has 0 bridgehead atoms. The molecule has 0 fully saturated rings. The van der Waals surface area contributed by atoms with Gasteiger partial charge in [0.25, 0.3) is 0 Å². The van der Waals surface area contributed by atoms with E-state index in [1.165, 1.54) is 0 Å². The number of methoxy groups -OCH3 is 1. The van der Waals surface area contributed by atoms with Gasteiger partial charge in [0.1, 0.15) is 5.75 Å². The molecule has 1 aromatic rings. The van der Waals surface area contributed by atoms with Gasteiger partial charge in [0.15, 0.2) is 0 Å². The Labute approximate surface area is 115 Å². The second kappa shape index (κ2) is 6.52. The third-order valence-corrected chi connectivity index (χ3v) is 3.07. The Morgan fingerprint density at radius 2 is 1.95 bits per heavy atom. The Bertz CT molecular complexity index is 458. The Morgan fingerprint density at radius 1 is 1.32 bits per heavy atom. The Kier molecular flexibility index (Phi) is 5.30. The molecule has 0 aromatic carbocycles. The summed E-state index contributed by atoms with van der Waals surface area (Å²) in [6, 6.07) is 0. The average Bonchev–Trinajstić information content (AvgIpc) is 2.33. The molecule has 0 spiro atoms. The summed E-state index contributed by atoms with van der Waals surface area (Å²) in [6.07, 6.45) is 1.81. The van der Waals surface area contributed by atoms with Crippen LogP contribution in [-0.2, 0) is 11.3 Å². The minimum absolute atomic E-state index is 0.0826. The highest BCUT2D eigenvalue weighted by Gasteiger charge is 2.13. The van der Waals surface area contributed by atoms with Crippen LogP contribution in [-0.4, -0.2) is 55.5 Å². The molecule has 5 nitrogen and oxygen atoms in total. The number of rotatable bonds is 5. The Hall–Kier alpha value is -1.62. The minimum atomic E-state index is 0.0826. The van der Waals surface area contributed by atoms with Crippen molar-refractivity contribution in [3.8, 4) is 5.75 Å². The molecule has 0 aliphatic heterocycles. The fourth-order valence-electron chi connectivity index (χ4n) is 1.91. The lowest BCUT2D eigenvalue weighted by atomic mass is 10.1. The maximum Gasteiger partial charge on any atom is 0.236 e. The molecule has 106 valence electrons. The standard InChI is InChI=1S/C14H23N3O2/c1-10-7-15-12(11(2)14(10)19-6)8-17(5)9-13(18)16(3)4/h7H,8-9H2,1-6H3. The highest BCUT2D eigenvalue weighted by molar-refractivity contribution is 5.77. The smallest absolute Gasteiger partial charge is 0.236 e. The van der Waals surface area contributed by atoms with Crippen LogP contribution < -0.4 is 4.74 Å². The van der Waals surface area contributed by atoms with E-state index in [1.807, 2.05) is 32.0 Å². The van der Waals surface area contributed by atoms with Crippen LogP contribution in [0, 0.1) is 13.8 Å². The molecule has 0 unspecified atom stereocenters. The van der Waals surface area contributed by atoms with Crippen molar-refractivity contribution in [2.24, 2.45) is 0 Å². The molecular formula is C14H23N3O2. The Morgan fingerprint density at radius 3 is 2.47 bits per heavy atom. The van der Waals surface area contributed by atoms with Gasteiger partial charge in [0, 0.05) is 38.0 Å². The maximum absolute atomic E-state index is 11.6. The van der Waals surface area contributed by atoms with Crippen LogP contribution in [0.2, 0.25) is 0 Å². The van der Waals surface area contributed by atoms with Gasteiger partial charge in [0.05, 0.1) is 19.3 Å². The van der Waals surface area contributed by atoms with Crippen molar-refractivity contribution in [3.05, 3.63) is 23.0 Å². The molecule has 5 heteroatoms. The highest BCUT2D eigenvalue weighted by Crippen LogP contribution is 2.24. The van der Waals surface area contributed by atoms with Crippen LogP contribution in [0.15, 0.2) is 6.20 Å². The number of carbonyl (C=O) groups excluding carboxylic acids is 1. The van der Waals surface area contributed by atoms with Gasteiger partial charge in [-0.25, -0.2) is 0 Å². The number of aromatic nitrogens is 1. The lowest BCUT2D eigenvalue weighted by molar-refractivity contribution is -0.129. The van der Waals surface area contributed by atoms with Crippen LogP contribution in [0.5, 0.6) is 5.75 Å². The third kappa shape index (κ3) is 3.92. The number of carbonyl (C=O) groups is 1. The molecule has 1 aromatic heterocycles. The second-order valence-corrected chi connectivity index (χ2v) is 5.01. The number of likely N-dealkylation sites (N-methyl/N-ethyl adjacent to an activating group) is 2. The predicted octanol–water partition coefficient (Wildman–Crippen LogP) is 1.23. The molecule has 1 rings (SSSR count). The van der Waals surface area contributed by atoms with Crippen LogP contribution in [0.4, 0.5) is 0 Å². The molecule has 1 amide bonds. The van der Waals surface area contributed by atoms with Gasteiger partial charge in [-0.15, -0.1) is 0 Å². The molecule has 0 saturated carbocycles. The van der Waals surface area contributed by atoms with E-state index >= 15 is 0 Å². The molecular weight excluding hydrogens is 242 g/mol. The van der Waals surface area contributed by atoms with Gasteiger partial charge in [0.2, 0.25) is 5.91 Å². The molecule has 0 atom stereocenters. The minimum Gasteiger partial charge on any atom is -0.496 e. The monoisotopic (exact) mass is 265 g/mol. The van der Waals surface area contributed by atoms with E-state index in [2.05, 4.69) is 4.98 Å². The van der Waals surface area contributed by atoms with Crippen molar-refractivity contribution >= 4 is 5.91 Å². The molecule has 0 radical (unpaired) electrons. The zero-order valence-corrected chi connectivity index (χ0v) is 12.6. The third-order valence-electron chi connectivity index (χ3n) is 3.07. The number of aryl methyl sites for hydroxylation is 1. The van der Waals surface area contributed by atoms with Gasteiger partial charge >= 0.3 is 0 Å². The van der Waals surface area contributed by atoms with Gasteiger partial charge in [-0.05, 0) is 20.9 Å². The molecule has 0 N–H and O–H groups in total. The Balaban J connectivity index is 2.80. The van der Waals surface area contributed by atoms with Crippen molar-refractivity contribution < 1.29 is 9.53 Å². The zero-order valence-electron chi connectivity index (χ0n) is 12.6. The van der Waals surface area contributed by atoms with Crippen molar-refractivity contribution in [3.63, 3.8) is 0 Å². The number of nitrogens with zero attached hydrogens (tertiary/aromatic N) is 3. The van der Waals surface area contributed by atoms with E-state index in [1.54, 1.807) is 26.1 Å². The SMILES string of the molecule is COc1c(C)cnc(CN(C)CC(=O)N(C)C)c1C. The summed E-state index contributed by atoms with van der Waals surface area (Å²) in [6.45, 7) is 4.98. The van der Waals surface area contributed by atoms with Crippen LogP contribution in [0.3, 0.4) is 0 Å². The van der Waals surface area contributed by atoms with E-state index in [0.717, 1.165) is 22.6 Å². The van der Waals surface area contributed by atoms with E-state index in [0.29, 0.717) is 13.1 Å². The summed E-state index contributed by atoms with van der Waals surface area (Å²) < 4.78 is 5.38. The van der Waals surface area contributed by atoms with Crippen LogP contribution in [0.25, 0.3) is 0 Å². The summed E-state index contributed by atoms with van der Waals surface area (Å²) in [5.74, 6) is 0.955. The summed E-state index contributed by atoms with van der Waals surface area (Å²) in [5.41, 5.74) is 3.00. The first-order valence-electron chi connectivity index (χ1n) is 6.24. The lowest BCUT2D eigenvalue weighted by Crippen LogP contribution is -2.34. The summed E-state index contributed by atoms with van der Waals surface area (Å²) in [5, 5.41) is 0. The number of amides is 1. The number of hydrogen-bond acceptors (Lipinski definition) is 4. The van der Waals surface area contributed by atoms with Gasteiger partial charge in [-0.1, -0.05) is 0 Å². The van der Waals surface area contributed by atoms with Crippen molar-refractivity contribution in [2.75, 3.05) is 34.8 Å². The lowest BCUT2D eigenvalue weighted by Gasteiger charge is -2.20. The van der Waals surface area contributed by atoms with Crippen molar-refractivity contribution in [1.82, 2.24) is 14.8 Å². The largest absolute Gasteiger partial charge is 0.496 e. The first-order chi connectivity index (χ1) is 8.86. The molecule has 19 heavy (non-hydrogen) atoms. The van der Waals surface area contributed by atoms with Crippen molar-refractivity contribution in [1.29, 1.82) is 0 Å². The second-order valence-electron chi connectivity index (χ2n) is 5.01. The molecule has 0 saturated heterocycles. The van der Waals surface area contributed by atoms with E-state index in [-0.39, 0.29) is 5.91 Å². The zero-order chi connectivity index (χ0) is 14.6. The molecule has 0 aliphatic carbocycles. The van der Waals surface area contributed by atoms with E-state index in [4.69, 9.17) is 4.74 Å².